The smallest absolute Gasteiger partial charge is 0.280 e. The fourth-order valence-electron chi connectivity index (χ4n) is 2.29. The summed E-state index contributed by atoms with van der Waals surface area (Å²) in [5.41, 5.74) is 1.11. The zero-order chi connectivity index (χ0) is 15.6. The summed E-state index contributed by atoms with van der Waals surface area (Å²) < 4.78 is 7.00. The van der Waals surface area contributed by atoms with Crippen LogP contribution >= 0.6 is 0 Å². The van der Waals surface area contributed by atoms with Gasteiger partial charge < -0.3 is 4.74 Å². The Kier molecular flexibility index (Phi) is 3.38. The van der Waals surface area contributed by atoms with Crippen LogP contribution in [0.2, 0.25) is 0 Å². The second kappa shape index (κ2) is 5.68. The average molecular weight is 309 g/mol. The molecule has 0 aliphatic heterocycles. The quantitative estimate of drug-likeness (QED) is 0.777. The zero-order valence-electron chi connectivity index (χ0n) is 12.3. The third kappa shape index (κ3) is 2.85. The minimum absolute atomic E-state index is 0.190. The van der Waals surface area contributed by atoms with Crippen LogP contribution in [0.1, 0.15) is 12.8 Å². The van der Waals surface area contributed by atoms with Gasteiger partial charge in [0.25, 0.3) is 5.56 Å². The Bertz CT molecular complexity index is 867. The Balaban J connectivity index is 1.64. The van der Waals surface area contributed by atoms with Gasteiger partial charge in [-0.2, -0.15) is 0 Å². The summed E-state index contributed by atoms with van der Waals surface area (Å²) in [4.78, 5) is 24.8. The molecule has 0 radical (unpaired) electrons. The third-order valence-corrected chi connectivity index (χ3v) is 3.76. The molecule has 1 aliphatic carbocycles. The molecule has 0 bridgehead atoms. The van der Waals surface area contributed by atoms with Crippen molar-refractivity contribution in [2.75, 3.05) is 6.61 Å². The molecule has 0 spiro atoms. The molecule has 1 saturated carbocycles. The topological polar surface area (TPSA) is 85.7 Å². The highest BCUT2D eigenvalue weighted by molar-refractivity contribution is 5.60. The van der Waals surface area contributed by atoms with Crippen molar-refractivity contribution in [1.82, 2.24) is 24.7 Å². The van der Waals surface area contributed by atoms with Crippen molar-refractivity contribution < 1.29 is 4.74 Å². The van der Waals surface area contributed by atoms with Crippen molar-refractivity contribution in [3.63, 3.8) is 0 Å². The van der Waals surface area contributed by atoms with Crippen LogP contribution in [0.5, 0.6) is 5.88 Å². The second-order valence-corrected chi connectivity index (χ2v) is 5.54. The van der Waals surface area contributed by atoms with E-state index in [0.29, 0.717) is 29.8 Å². The zero-order valence-corrected chi connectivity index (χ0v) is 12.3. The van der Waals surface area contributed by atoms with Crippen molar-refractivity contribution in [3.05, 3.63) is 53.5 Å². The van der Waals surface area contributed by atoms with Gasteiger partial charge in [-0.3, -0.25) is 14.9 Å². The molecule has 1 aliphatic rings. The molecule has 0 aromatic carbocycles. The molecule has 1 fully saturated rings. The van der Waals surface area contributed by atoms with Gasteiger partial charge in [0.1, 0.15) is 6.33 Å². The molecule has 23 heavy (non-hydrogen) atoms. The lowest BCUT2D eigenvalue weighted by Crippen LogP contribution is -2.17. The minimum Gasteiger partial charge on any atom is -0.477 e. The first-order valence-corrected chi connectivity index (χ1v) is 7.47. The number of H-pyrrole nitrogens is 1. The lowest BCUT2D eigenvalue weighted by Gasteiger charge is -2.05. The lowest BCUT2D eigenvalue weighted by molar-refractivity contribution is 0.287. The molecular formula is C16H15N5O2. The first-order valence-electron chi connectivity index (χ1n) is 7.47. The summed E-state index contributed by atoms with van der Waals surface area (Å²) in [5, 5.41) is 2.92. The monoisotopic (exact) mass is 309 g/mol. The predicted octanol–water partition coefficient (Wildman–Crippen LogP) is 1.81. The maximum Gasteiger partial charge on any atom is 0.280 e. The standard InChI is InChI=1S/C16H15N5O2/c22-16-13(12-2-1-5-17-7-12)8-20-21(16)14-6-15(19-10-18-14)23-9-11-3-4-11/h1-2,5-8,10-11,20H,3-4,9H2. The number of rotatable bonds is 5. The summed E-state index contributed by atoms with van der Waals surface area (Å²) in [5.74, 6) is 1.57. The van der Waals surface area contributed by atoms with E-state index < -0.39 is 0 Å². The molecular weight excluding hydrogens is 294 g/mol. The van der Waals surface area contributed by atoms with Crippen molar-refractivity contribution >= 4 is 0 Å². The molecule has 3 aromatic rings. The van der Waals surface area contributed by atoms with Gasteiger partial charge in [-0.05, 0) is 24.8 Å². The van der Waals surface area contributed by atoms with Gasteiger partial charge in [0.15, 0.2) is 5.82 Å². The highest BCUT2D eigenvalue weighted by atomic mass is 16.5. The van der Waals surface area contributed by atoms with Crippen molar-refractivity contribution in [2.24, 2.45) is 5.92 Å². The van der Waals surface area contributed by atoms with Gasteiger partial charge in [0, 0.05) is 30.2 Å². The Hall–Kier alpha value is -2.96. The number of aromatic nitrogens is 5. The molecule has 7 nitrogen and oxygen atoms in total. The first kappa shape index (κ1) is 13.7. The Labute approximate surface area is 132 Å². The summed E-state index contributed by atoms with van der Waals surface area (Å²) in [6, 6.07) is 5.29. The van der Waals surface area contributed by atoms with Gasteiger partial charge in [-0.25, -0.2) is 14.6 Å². The number of hydrogen-bond donors (Lipinski definition) is 1. The van der Waals surface area contributed by atoms with E-state index in [1.165, 1.54) is 23.9 Å². The predicted molar refractivity (Wildman–Crippen MR) is 83.4 cm³/mol. The van der Waals surface area contributed by atoms with Gasteiger partial charge in [0.05, 0.1) is 12.2 Å². The molecule has 1 N–H and O–H groups in total. The molecule has 4 rings (SSSR count). The van der Waals surface area contributed by atoms with Gasteiger partial charge >= 0.3 is 0 Å². The number of hydrogen-bond acceptors (Lipinski definition) is 5. The van der Waals surface area contributed by atoms with E-state index in [9.17, 15) is 4.79 Å². The van der Waals surface area contributed by atoms with E-state index in [1.807, 2.05) is 6.07 Å². The van der Waals surface area contributed by atoms with Crippen LogP contribution in [0.3, 0.4) is 0 Å². The van der Waals surface area contributed by atoms with E-state index in [4.69, 9.17) is 4.74 Å². The molecule has 0 atom stereocenters. The summed E-state index contributed by atoms with van der Waals surface area (Å²) in [6.07, 6.45) is 8.79. The van der Waals surface area contributed by atoms with Crippen LogP contribution in [-0.4, -0.2) is 31.3 Å². The van der Waals surface area contributed by atoms with Crippen LogP contribution in [0.4, 0.5) is 0 Å². The largest absolute Gasteiger partial charge is 0.477 e. The number of nitrogens with zero attached hydrogens (tertiary/aromatic N) is 4. The van der Waals surface area contributed by atoms with E-state index in [2.05, 4.69) is 20.1 Å². The summed E-state index contributed by atoms with van der Waals surface area (Å²) in [7, 11) is 0. The molecule has 0 unspecified atom stereocenters. The normalized spacial score (nSPS) is 13.9. The van der Waals surface area contributed by atoms with Gasteiger partial charge in [-0.1, -0.05) is 6.07 Å². The van der Waals surface area contributed by atoms with Gasteiger partial charge in [-0.15, -0.1) is 0 Å². The average Bonchev–Trinajstić information content (AvgIpc) is 3.35. The van der Waals surface area contributed by atoms with Crippen LogP contribution in [0.25, 0.3) is 16.9 Å². The van der Waals surface area contributed by atoms with Crippen LogP contribution in [-0.2, 0) is 0 Å². The Morgan fingerprint density at radius 3 is 3.04 bits per heavy atom. The van der Waals surface area contributed by atoms with E-state index in [0.717, 1.165) is 5.56 Å². The van der Waals surface area contributed by atoms with Crippen LogP contribution in [0.15, 0.2) is 47.9 Å². The SMILES string of the molecule is O=c1c(-c2cccnc2)c[nH]n1-c1cc(OCC2CC2)ncn1. The molecule has 116 valence electrons. The molecule has 3 aromatic heterocycles. The van der Waals surface area contributed by atoms with Crippen molar-refractivity contribution in [2.45, 2.75) is 12.8 Å². The van der Waals surface area contributed by atoms with E-state index in [-0.39, 0.29) is 5.56 Å². The maximum absolute atomic E-state index is 12.6. The number of nitrogens with one attached hydrogen (secondary N) is 1. The highest BCUT2D eigenvalue weighted by Gasteiger charge is 2.22. The van der Waals surface area contributed by atoms with Crippen molar-refractivity contribution in [1.29, 1.82) is 0 Å². The first-order chi connectivity index (χ1) is 11.3. The Morgan fingerprint density at radius 1 is 1.35 bits per heavy atom. The molecule has 0 saturated heterocycles. The minimum atomic E-state index is -0.190. The van der Waals surface area contributed by atoms with Gasteiger partial charge in [0.2, 0.25) is 5.88 Å². The van der Waals surface area contributed by atoms with E-state index in [1.54, 1.807) is 30.7 Å². The fourth-order valence-corrected chi connectivity index (χ4v) is 2.29. The number of aromatic amines is 1. The van der Waals surface area contributed by atoms with Crippen molar-refractivity contribution in [3.8, 4) is 22.8 Å². The summed E-state index contributed by atoms with van der Waals surface area (Å²) in [6.45, 7) is 0.664. The fraction of sp³-hybridized carbons (Fsp3) is 0.250. The summed E-state index contributed by atoms with van der Waals surface area (Å²) >= 11 is 0. The highest BCUT2D eigenvalue weighted by Crippen LogP contribution is 2.29. The van der Waals surface area contributed by atoms with E-state index >= 15 is 0 Å². The Morgan fingerprint density at radius 2 is 2.26 bits per heavy atom. The molecule has 0 amide bonds. The molecule has 3 heterocycles. The number of pyridine rings is 1. The second-order valence-electron chi connectivity index (χ2n) is 5.54. The number of ether oxygens (including phenoxy) is 1. The third-order valence-electron chi connectivity index (χ3n) is 3.76. The van der Waals surface area contributed by atoms with Crippen LogP contribution in [0, 0.1) is 5.92 Å². The molecule has 7 heteroatoms. The maximum atomic E-state index is 12.6. The van der Waals surface area contributed by atoms with Crippen LogP contribution < -0.4 is 10.3 Å². The lowest BCUT2D eigenvalue weighted by atomic mass is 10.2.